The monoisotopic (exact) mass is 778 g/mol. The van der Waals surface area contributed by atoms with Crippen molar-refractivity contribution in [2.75, 3.05) is 99.1 Å². The quantitative estimate of drug-likeness (QED) is 0.0505. The molecular formula is C18H38O17Si9. The van der Waals surface area contributed by atoms with Crippen molar-refractivity contribution in [2.24, 2.45) is 0 Å². The molecule has 0 saturated heterocycles. The van der Waals surface area contributed by atoms with Crippen molar-refractivity contribution < 1.29 is 78.1 Å². The Morgan fingerprint density at radius 1 is 0.545 bits per heavy atom. The third-order valence-corrected chi connectivity index (χ3v) is 50.1. The van der Waals surface area contributed by atoms with E-state index in [-0.39, 0.29) is 25.9 Å². The van der Waals surface area contributed by atoms with Crippen LogP contribution in [-0.4, -0.2) is 177 Å². The SMILES string of the molecule is C[Si](CCCOCCOCCOCCOCCOCCOCCOCCO)(O[Si](=O)[Si](=O)[Si](=O)[Si](=O)[Si](=O)[Si](=O)[Si]=O)[Si]=O. The lowest BCUT2D eigenvalue weighted by molar-refractivity contribution is -0.0214. The van der Waals surface area contributed by atoms with Crippen LogP contribution >= 0.6 is 0 Å². The molecule has 0 spiro atoms. The summed E-state index contributed by atoms with van der Waals surface area (Å²) in [7, 11) is -26.4. The summed E-state index contributed by atoms with van der Waals surface area (Å²) in [6.07, 6.45) is 0.392. The summed E-state index contributed by atoms with van der Waals surface area (Å²) in [5.74, 6) is 0. The van der Waals surface area contributed by atoms with Crippen LogP contribution in [0.25, 0.3) is 0 Å². The smallest absolute Gasteiger partial charge is 0.532 e. The minimum Gasteiger partial charge on any atom is -0.574 e. The lowest BCUT2D eigenvalue weighted by Crippen LogP contribution is -2.51. The van der Waals surface area contributed by atoms with Crippen LogP contribution < -0.4 is 0 Å². The van der Waals surface area contributed by atoms with Gasteiger partial charge in [0.15, 0.2) is 0 Å². The van der Waals surface area contributed by atoms with Crippen molar-refractivity contribution >= 4 is 72.7 Å². The Kier molecular flexibility index (Phi) is 28.9. The van der Waals surface area contributed by atoms with Crippen LogP contribution in [0.3, 0.4) is 0 Å². The molecule has 0 aliphatic rings. The molecule has 0 aromatic carbocycles. The number of aliphatic hydroxyl groups is 1. The molecule has 1 atom stereocenters. The minimum atomic E-state index is -3.60. The van der Waals surface area contributed by atoms with Crippen LogP contribution in [0.5, 0.6) is 0 Å². The van der Waals surface area contributed by atoms with E-state index in [9.17, 15) is 35.7 Å². The number of rotatable bonds is 33. The maximum absolute atomic E-state index is 12.4. The topological polar surface area (TPSA) is 231 Å². The zero-order valence-corrected chi connectivity index (χ0v) is 33.5. The van der Waals surface area contributed by atoms with Crippen LogP contribution in [0.15, 0.2) is 0 Å². The van der Waals surface area contributed by atoms with Gasteiger partial charge >= 0.3 is 64.9 Å². The van der Waals surface area contributed by atoms with Crippen LogP contribution in [0.4, 0.5) is 0 Å². The zero-order chi connectivity index (χ0) is 33.1. The summed E-state index contributed by atoms with van der Waals surface area (Å²) < 4.78 is 137. The van der Waals surface area contributed by atoms with Gasteiger partial charge in [0.25, 0.3) is 7.83 Å². The van der Waals surface area contributed by atoms with Gasteiger partial charge in [0.1, 0.15) is 0 Å². The fraction of sp³-hybridized carbons (Fsp3) is 1.00. The molecule has 0 aliphatic heterocycles. The summed E-state index contributed by atoms with van der Waals surface area (Å²) in [5.41, 5.74) is 0. The van der Waals surface area contributed by atoms with Gasteiger partial charge in [-0.25, -0.2) is 0 Å². The second-order valence-electron chi connectivity index (χ2n) is 8.58. The molecule has 26 heteroatoms. The standard InChI is InChI=1S/C18H38O17Si9/c1-44(37-21,35-38(22)40(24)42(26)43(27)41(25)39(23)36-20)18-2-4-28-6-8-30-10-12-32-14-16-34-17-15-33-13-11-31-9-7-29-5-3-19/h19H,2-18H2,1H3. The maximum atomic E-state index is 12.4. The van der Waals surface area contributed by atoms with Crippen molar-refractivity contribution in [2.45, 2.75) is 19.0 Å². The highest BCUT2D eigenvalue weighted by Crippen LogP contribution is 2.11. The van der Waals surface area contributed by atoms with Crippen LogP contribution in [-0.2, 0) is 73.0 Å². The first-order valence-electron chi connectivity index (χ1n) is 13.5. The molecular weight excluding hydrogens is 741 g/mol. The van der Waals surface area contributed by atoms with Crippen molar-refractivity contribution in [3.05, 3.63) is 0 Å². The molecule has 44 heavy (non-hydrogen) atoms. The first kappa shape index (κ1) is 43.8. The molecule has 1 unspecified atom stereocenters. The normalized spacial score (nSPS) is 12.2. The first-order valence-corrected chi connectivity index (χ1v) is 33.3. The molecule has 17 nitrogen and oxygen atoms in total. The summed E-state index contributed by atoms with van der Waals surface area (Å²) in [4.78, 5) is 0. The lowest BCUT2D eigenvalue weighted by Gasteiger charge is -2.20. The van der Waals surface area contributed by atoms with E-state index in [1.54, 1.807) is 0 Å². The van der Waals surface area contributed by atoms with E-state index in [1.165, 1.54) is 6.55 Å². The van der Waals surface area contributed by atoms with Crippen molar-refractivity contribution in [1.29, 1.82) is 0 Å². The molecule has 0 bridgehead atoms. The van der Waals surface area contributed by atoms with E-state index in [4.69, 9.17) is 42.4 Å². The van der Waals surface area contributed by atoms with E-state index >= 15 is 0 Å². The van der Waals surface area contributed by atoms with Gasteiger partial charge in [-0.3, -0.25) is 0 Å². The van der Waals surface area contributed by atoms with Gasteiger partial charge in [-0.1, -0.05) is 0 Å². The number of hydrogen-bond donors (Lipinski definition) is 1. The van der Waals surface area contributed by atoms with Gasteiger partial charge in [0, 0.05) is 6.61 Å². The molecule has 1 N–H and O–H groups in total. The highest BCUT2D eigenvalue weighted by molar-refractivity contribution is 7.69. The Balaban J connectivity index is 3.78. The number of aliphatic hydroxyl groups excluding tert-OH is 1. The number of ether oxygens (including phenoxy) is 7. The zero-order valence-electron chi connectivity index (χ0n) is 24.5. The molecule has 2 radical (unpaired) electrons. The van der Waals surface area contributed by atoms with Crippen LogP contribution in [0.1, 0.15) is 6.42 Å². The van der Waals surface area contributed by atoms with E-state index in [1.807, 2.05) is 0 Å². The van der Waals surface area contributed by atoms with Gasteiger partial charge in [-0.2, -0.15) is 0 Å². The molecule has 0 saturated carbocycles. The third-order valence-electron chi connectivity index (χ3n) is 5.05. The van der Waals surface area contributed by atoms with Crippen molar-refractivity contribution in [3.8, 4) is 0 Å². The van der Waals surface area contributed by atoms with Gasteiger partial charge in [0.2, 0.25) is 0 Å². The molecule has 0 aliphatic carbocycles. The summed E-state index contributed by atoms with van der Waals surface area (Å²) in [6.45, 7) is 6.87. The van der Waals surface area contributed by atoms with Crippen molar-refractivity contribution in [1.82, 2.24) is 0 Å². The maximum Gasteiger partial charge on any atom is 0.532 e. The molecule has 0 aromatic heterocycles. The van der Waals surface area contributed by atoms with Gasteiger partial charge in [0.05, 0.1) is 92.5 Å². The Labute approximate surface area is 268 Å². The van der Waals surface area contributed by atoms with Gasteiger partial charge in [-0.15, -0.1) is 0 Å². The highest BCUT2D eigenvalue weighted by Gasteiger charge is 2.48. The summed E-state index contributed by atoms with van der Waals surface area (Å²) >= 11 is 0. The van der Waals surface area contributed by atoms with E-state index in [0.29, 0.717) is 85.7 Å². The second kappa shape index (κ2) is 29.0. The van der Waals surface area contributed by atoms with Crippen LogP contribution in [0, 0.1) is 0 Å². The third kappa shape index (κ3) is 22.4. The largest absolute Gasteiger partial charge is 0.574 e. The van der Waals surface area contributed by atoms with Crippen molar-refractivity contribution in [3.63, 3.8) is 0 Å². The average molecular weight is 779 g/mol. The molecule has 248 valence electrons. The fourth-order valence-electron chi connectivity index (χ4n) is 2.82. The predicted octanol–water partition coefficient (Wildman–Crippen LogP) is -3.41. The number of hydrogen-bond acceptors (Lipinski definition) is 17. The Bertz CT molecular complexity index is 943. The van der Waals surface area contributed by atoms with E-state index in [0.717, 1.165) is 0 Å². The first-order chi connectivity index (χ1) is 21.1. The lowest BCUT2D eigenvalue weighted by atomic mass is 10.5. The van der Waals surface area contributed by atoms with Gasteiger partial charge in [-0.05, 0) is 19.0 Å². The molecule has 0 aromatic rings. The molecule has 0 heterocycles. The summed E-state index contributed by atoms with van der Waals surface area (Å²) in [5, 5.41) is 8.56. The Hall–Kier alpha value is -0.168. The molecule has 0 fully saturated rings. The van der Waals surface area contributed by atoms with Gasteiger partial charge < -0.3 is 78.1 Å². The fourth-order valence-corrected chi connectivity index (χ4v) is 57.8. The Morgan fingerprint density at radius 3 is 1.27 bits per heavy atom. The molecule has 0 amide bonds. The Morgan fingerprint density at radius 2 is 0.909 bits per heavy atom. The van der Waals surface area contributed by atoms with E-state index < -0.39 is 72.7 Å². The highest BCUT2D eigenvalue weighted by atomic mass is 30.0. The van der Waals surface area contributed by atoms with Crippen LogP contribution in [0.2, 0.25) is 12.6 Å². The second-order valence-corrected chi connectivity index (χ2v) is 43.4. The van der Waals surface area contributed by atoms with E-state index in [2.05, 4.69) is 0 Å². The average Bonchev–Trinajstić information content (AvgIpc) is 3.03. The summed E-state index contributed by atoms with van der Waals surface area (Å²) in [6, 6.07) is 0.234. The minimum absolute atomic E-state index is 0.00721. The molecule has 0 rings (SSSR count). The predicted molar refractivity (Wildman–Crippen MR) is 156 cm³/mol.